The van der Waals surface area contributed by atoms with E-state index in [0.717, 1.165) is 30.0 Å². The maximum absolute atomic E-state index is 14.1. The highest BCUT2D eigenvalue weighted by molar-refractivity contribution is 6.11. The highest BCUT2D eigenvalue weighted by atomic mass is 16.3. The normalized spacial score (nSPS) is 18.4. The van der Waals surface area contributed by atoms with Crippen LogP contribution in [0, 0.1) is 0 Å². The molecule has 2 aliphatic rings. The molecule has 40 heavy (non-hydrogen) atoms. The summed E-state index contributed by atoms with van der Waals surface area (Å²) in [7, 11) is 0. The maximum atomic E-state index is 14.1. The average Bonchev–Trinajstić information content (AvgIpc) is 3.48. The van der Waals surface area contributed by atoms with Crippen molar-refractivity contribution in [3.8, 4) is 0 Å². The van der Waals surface area contributed by atoms with E-state index in [4.69, 9.17) is 4.42 Å². The van der Waals surface area contributed by atoms with E-state index in [9.17, 15) is 9.59 Å². The fraction of sp³-hybridized carbons (Fsp3) is 0.235. The molecule has 1 amide bonds. The van der Waals surface area contributed by atoms with Gasteiger partial charge in [-0.25, -0.2) is 0 Å². The number of fused-ring (bicyclic) bond motifs is 1. The summed E-state index contributed by atoms with van der Waals surface area (Å²) in [6.07, 6.45) is 2.62. The summed E-state index contributed by atoms with van der Waals surface area (Å²) in [5, 5.41) is 3.58. The number of hydrogen-bond donors (Lipinski definition) is 1. The van der Waals surface area contributed by atoms with E-state index in [2.05, 4.69) is 48.3 Å². The quantitative estimate of drug-likeness (QED) is 0.282. The largest absolute Gasteiger partial charge is 0.467 e. The Balaban J connectivity index is 1.45. The topological polar surface area (TPSA) is 65.8 Å². The molecule has 6 rings (SSSR count). The van der Waals surface area contributed by atoms with Crippen molar-refractivity contribution in [3.05, 3.63) is 125 Å². The second-order valence-corrected chi connectivity index (χ2v) is 10.3. The molecule has 1 aliphatic heterocycles. The van der Waals surface area contributed by atoms with Gasteiger partial charge in [0.1, 0.15) is 11.8 Å². The van der Waals surface area contributed by atoms with Gasteiger partial charge in [0.05, 0.1) is 17.6 Å². The van der Waals surface area contributed by atoms with Gasteiger partial charge in [-0.2, -0.15) is 0 Å². The number of furan rings is 1. The monoisotopic (exact) mass is 531 g/mol. The summed E-state index contributed by atoms with van der Waals surface area (Å²) < 4.78 is 5.91. The Morgan fingerprint density at radius 3 is 2.33 bits per heavy atom. The van der Waals surface area contributed by atoms with Crippen LogP contribution in [-0.2, 0) is 4.79 Å². The van der Waals surface area contributed by atoms with E-state index in [1.807, 2.05) is 48.5 Å². The fourth-order valence-corrected chi connectivity index (χ4v) is 6.03. The number of nitrogens with one attached hydrogen (secondary N) is 1. The minimum Gasteiger partial charge on any atom is -0.467 e. The summed E-state index contributed by atoms with van der Waals surface area (Å²) in [5.74, 6) is 0.425. The predicted octanol–water partition coefficient (Wildman–Crippen LogP) is 7.34. The van der Waals surface area contributed by atoms with Crippen molar-refractivity contribution >= 4 is 28.8 Å². The smallest absolute Gasteiger partial charge is 0.259 e. The van der Waals surface area contributed by atoms with Crippen molar-refractivity contribution in [2.75, 3.05) is 28.2 Å². The number of Topliss-reactive ketones (excluding diaryl/α,β-unsaturated/α-hetero) is 1. The molecule has 0 bridgehead atoms. The maximum Gasteiger partial charge on any atom is 0.259 e. The number of para-hydroxylation sites is 2. The number of ketones is 1. The first-order chi connectivity index (χ1) is 19.6. The third-order valence-electron chi connectivity index (χ3n) is 8.03. The molecular weight excluding hydrogens is 498 g/mol. The van der Waals surface area contributed by atoms with Gasteiger partial charge in [0.15, 0.2) is 5.78 Å². The highest BCUT2D eigenvalue weighted by Gasteiger charge is 2.43. The van der Waals surface area contributed by atoms with Crippen LogP contribution in [0.4, 0.5) is 17.1 Å². The lowest BCUT2D eigenvalue weighted by molar-refractivity contribution is -0.116. The second-order valence-electron chi connectivity index (χ2n) is 10.3. The molecule has 3 aromatic carbocycles. The Kier molecular flexibility index (Phi) is 6.99. The third kappa shape index (κ3) is 4.60. The molecule has 1 N–H and O–H groups in total. The van der Waals surface area contributed by atoms with E-state index in [1.165, 1.54) is 5.69 Å². The van der Waals surface area contributed by atoms with Crippen LogP contribution in [0.15, 0.2) is 113 Å². The number of allylic oxidation sites excluding steroid dienone is 1. The standard InChI is InChI=1S/C34H33N3O3/c1-3-36(4-2)26-18-16-23(17-19-26)25-21-28-32(30(38)22-25)33(31-15-10-20-40-31)37(29-14-9-8-13-27(29)35-28)34(39)24-11-6-5-7-12-24/h5-20,25,33,35H,3-4,21-22H2,1-2H3. The second kappa shape index (κ2) is 10.9. The molecule has 4 aromatic rings. The molecule has 0 radical (unpaired) electrons. The molecule has 0 fully saturated rings. The van der Waals surface area contributed by atoms with Crippen LogP contribution in [0.2, 0.25) is 0 Å². The molecule has 0 saturated heterocycles. The Labute approximate surface area is 234 Å². The van der Waals surface area contributed by atoms with Gasteiger partial charge in [-0.05, 0) is 80.3 Å². The number of amides is 1. The van der Waals surface area contributed by atoms with Crippen molar-refractivity contribution in [1.29, 1.82) is 0 Å². The summed E-state index contributed by atoms with van der Waals surface area (Å²) >= 11 is 0. The van der Waals surface area contributed by atoms with Gasteiger partial charge in [-0.3, -0.25) is 14.5 Å². The molecule has 6 nitrogen and oxygen atoms in total. The number of carbonyl (C=O) groups is 2. The first kappa shape index (κ1) is 25.7. The van der Waals surface area contributed by atoms with Crippen LogP contribution in [0.3, 0.4) is 0 Å². The summed E-state index contributed by atoms with van der Waals surface area (Å²) in [4.78, 5) is 32.3. The molecule has 0 spiro atoms. The molecule has 2 unspecified atom stereocenters. The fourth-order valence-electron chi connectivity index (χ4n) is 6.03. The van der Waals surface area contributed by atoms with E-state index in [1.54, 1.807) is 29.4 Å². The molecule has 6 heteroatoms. The number of anilines is 3. The van der Waals surface area contributed by atoms with Gasteiger partial charge in [-0.15, -0.1) is 0 Å². The number of benzene rings is 3. The van der Waals surface area contributed by atoms with Crippen LogP contribution in [-0.4, -0.2) is 24.8 Å². The van der Waals surface area contributed by atoms with Crippen LogP contribution in [0.1, 0.15) is 60.3 Å². The molecule has 202 valence electrons. The summed E-state index contributed by atoms with van der Waals surface area (Å²) in [6.45, 7) is 6.21. The van der Waals surface area contributed by atoms with Crippen LogP contribution >= 0.6 is 0 Å². The molecule has 2 heterocycles. The predicted molar refractivity (Wildman–Crippen MR) is 159 cm³/mol. The number of nitrogens with zero attached hydrogens (tertiary/aromatic N) is 2. The van der Waals surface area contributed by atoms with E-state index in [-0.39, 0.29) is 17.6 Å². The van der Waals surface area contributed by atoms with Crippen molar-refractivity contribution < 1.29 is 14.0 Å². The van der Waals surface area contributed by atoms with Gasteiger partial charge >= 0.3 is 0 Å². The van der Waals surface area contributed by atoms with Gasteiger partial charge in [-0.1, -0.05) is 42.5 Å². The SMILES string of the molecule is CCN(CC)c1ccc(C2CC(=O)C3=C(C2)Nc2ccccc2N(C(=O)c2ccccc2)C3c2ccco2)cc1. The van der Waals surface area contributed by atoms with Crippen molar-refractivity contribution in [2.24, 2.45) is 0 Å². The Morgan fingerprint density at radius 1 is 0.900 bits per heavy atom. The van der Waals surface area contributed by atoms with Gasteiger partial charge in [0.25, 0.3) is 5.91 Å². The summed E-state index contributed by atoms with van der Waals surface area (Å²) in [6, 6.07) is 28.5. The van der Waals surface area contributed by atoms with E-state index >= 15 is 0 Å². The van der Waals surface area contributed by atoms with Crippen molar-refractivity contribution in [2.45, 2.75) is 38.6 Å². The number of carbonyl (C=O) groups excluding carboxylic acids is 2. The zero-order chi connectivity index (χ0) is 27.6. The van der Waals surface area contributed by atoms with Crippen molar-refractivity contribution in [3.63, 3.8) is 0 Å². The van der Waals surface area contributed by atoms with Crippen molar-refractivity contribution in [1.82, 2.24) is 0 Å². The Hall–Kier alpha value is -4.58. The lowest BCUT2D eigenvalue weighted by Gasteiger charge is -2.33. The minimum absolute atomic E-state index is 0.0200. The Bertz CT molecular complexity index is 1540. The highest BCUT2D eigenvalue weighted by Crippen LogP contribution is 2.48. The molecule has 1 aliphatic carbocycles. The van der Waals surface area contributed by atoms with Crippen LogP contribution in [0.25, 0.3) is 0 Å². The van der Waals surface area contributed by atoms with Crippen LogP contribution < -0.4 is 15.1 Å². The lowest BCUT2D eigenvalue weighted by atomic mass is 9.79. The van der Waals surface area contributed by atoms with Crippen LogP contribution in [0.5, 0.6) is 0 Å². The zero-order valence-corrected chi connectivity index (χ0v) is 22.8. The van der Waals surface area contributed by atoms with Gasteiger partial charge in [0.2, 0.25) is 0 Å². The number of hydrogen-bond acceptors (Lipinski definition) is 5. The molecule has 0 saturated carbocycles. The first-order valence-corrected chi connectivity index (χ1v) is 14.0. The minimum atomic E-state index is -0.688. The van der Waals surface area contributed by atoms with E-state index in [0.29, 0.717) is 35.4 Å². The Morgan fingerprint density at radius 2 is 1.62 bits per heavy atom. The zero-order valence-electron chi connectivity index (χ0n) is 22.8. The van der Waals surface area contributed by atoms with Gasteiger partial charge < -0.3 is 14.6 Å². The first-order valence-electron chi connectivity index (χ1n) is 14.0. The molecular formula is C34H33N3O3. The third-order valence-corrected chi connectivity index (χ3v) is 8.03. The summed E-state index contributed by atoms with van der Waals surface area (Å²) in [5.41, 5.74) is 5.80. The molecule has 1 aromatic heterocycles. The lowest BCUT2D eigenvalue weighted by Crippen LogP contribution is -2.38. The number of rotatable bonds is 6. The average molecular weight is 532 g/mol. The van der Waals surface area contributed by atoms with E-state index < -0.39 is 6.04 Å². The molecule has 2 atom stereocenters. The van der Waals surface area contributed by atoms with Gasteiger partial charge in [0, 0.05) is 42.0 Å².